The van der Waals surface area contributed by atoms with Gasteiger partial charge in [0, 0.05) is 56.2 Å². The average molecular weight is 277 g/mol. The maximum atomic E-state index is 5.97. The minimum Gasteiger partial charge on any atom is -0.494 e. The molecule has 0 bridgehead atoms. The molecule has 2 N–H and O–H groups in total. The molecular formula is C16H27N3O. The van der Waals surface area contributed by atoms with E-state index in [1.807, 2.05) is 19.1 Å². The van der Waals surface area contributed by atoms with Crippen molar-refractivity contribution in [1.82, 2.24) is 4.90 Å². The van der Waals surface area contributed by atoms with Crippen molar-refractivity contribution in [3.63, 3.8) is 0 Å². The number of piperazine rings is 1. The zero-order valence-corrected chi connectivity index (χ0v) is 12.9. The third kappa shape index (κ3) is 4.04. The van der Waals surface area contributed by atoms with Gasteiger partial charge < -0.3 is 15.4 Å². The first-order chi connectivity index (χ1) is 9.58. The van der Waals surface area contributed by atoms with Gasteiger partial charge in [0.1, 0.15) is 5.75 Å². The Morgan fingerprint density at radius 3 is 2.45 bits per heavy atom. The maximum Gasteiger partial charge on any atom is 0.123 e. The fraction of sp³-hybridized carbons (Fsp3) is 0.625. The molecule has 1 aromatic carbocycles. The normalized spacial score (nSPS) is 16.7. The number of anilines is 2. The Morgan fingerprint density at radius 2 is 1.85 bits per heavy atom. The Kier molecular flexibility index (Phi) is 5.12. The predicted octanol–water partition coefficient (Wildman–Crippen LogP) is 2.45. The fourth-order valence-corrected chi connectivity index (χ4v) is 2.74. The van der Waals surface area contributed by atoms with Crippen molar-refractivity contribution in [2.45, 2.75) is 20.8 Å². The van der Waals surface area contributed by atoms with E-state index in [9.17, 15) is 0 Å². The molecule has 4 heteroatoms. The number of hydrogen-bond acceptors (Lipinski definition) is 4. The van der Waals surface area contributed by atoms with Crippen molar-refractivity contribution in [3.8, 4) is 5.75 Å². The first-order valence-electron chi connectivity index (χ1n) is 7.59. The van der Waals surface area contributed by atoms with Crippen molar-refractivity contribution in [2.75, 3.05) is 50.0 Å². The number of nitrogens with two attached hydrogens (primary N) is 1. The number of nitrogens with zero attached hydrogens (tertiary/aromatic N) is 2. The summed E-state index contributed by atoms with van der Waals surface area (Å²) in [5.74, 6) is 1.60. The summed E-state index contributed by atoms with van der Waals surface area (Å²) < 4.78 is 5.57. The van der Waals surface area contributed by atoms with Gasteiger partial charge in [0.25, 0.3) is 0 Å². The van der Waals surface area contributed by atoms with Gasteiger partial charge in [0.05, 0.1) is 6.61 Å². The van der Waals surface area contributed by atoms with Crippen molar-refractivity contribution in [1.29, 1.82) is 0 Å². The molecule has 2 rings (SSSR count). The van der Waals surface area contributed by atoms with E-state index in [2.05, 4.69) is 29.7 Å². The lowest BCUT2D eigenvalue weighted by molar-refractivity contribution is 0.231. The highest BCUT2D eigenvalue weighted by molar-refractivity contribution is 5.60. The molecule has 0 spiro atoms. The highest BCUT2D eigenvalue weighted by Crippen LogP contribution is 2.26. The van der Waals surface area contributed by atoms with E-state index in [1.54, 1.807) is 0 Å². The molecule has 0 radical (unpaired) electrons. The lowest BCUT2D eigenvalue weighted by Crippen LogP contribution is -2.47. The Balaban J connectivity index is 1.99. The summed E-state index contributed by atoms with van der Waals surface area (Å²) in [6.45, 7) is 12.8. The summed E-state index contributed by atoms with van der Waals surface area (Å²) in [4.78, 5) is 4.94. The molecule has 0 unspecified atom stereocenters. The van der Waals surface area contributed by atoms with Gasteiger partial charge in [0.2, 0.25) is 0 Å². The molecule has 1 saturated heterocycles. The number of rotatable bonds is 5. The van der Waals surface area contributed by atoms with Crippen molar-refractivity contribution < 1.29 is 4.74 Å². The number of benzene rings is 1. The Morgan fingerprint density at radius 1 is 1.15 bits per heavy atom. The van der Waals surface area contributed by atoms with Gasteiger partial charge in [-0.3, -0.25) is 4.90 Å². The van der Waals surface area contributed by atoms with E-state index < -0.39 is 0 Å². The van der Waals surface area contributed by atoms with E-state index in [1.165, 1.54) is 12.2 Å². The molecule has 1 heterocycles. The van der Waals surface area contributed by atoms with Gasteiger partial charge in [-0.1, -0.05) is 13.8 Å². The minimum absolute atomic E-state index is 0.672. The third-order valence-corrected chi connectivity index (χ3v) is 3.59. The van der Waals surface area contributed by atoms with Crippen molar-refractivity contribution in [2.24, 2.45) is 5.92 Å². The second kappa shape index (κ2) is 6.84. The largest absolute Gasteiger partial charge is 0.494 e. The van der Waals surface area contributed by atoms with Crippen LogP contribution in [-0.4, -0.2) is 44.2 Å². The summed E-state index contributed by atoms with van der Waals surface area (Å²) >= 11 is 0. The minimum atomic E-state index is 0.672. The number of hydrogen-bond donors (Lipinski definition) is 1. The Hall–Kier alpha value is -1.42. The SMILES string of the molecule is CCOc1cc(N)cc(N2CCN(CC(C)C)CC2)c1. The Labute approximate surface area is 122 Å². The Bertz CT molecular complexity index is 426. The molecule has 0 atom stereocenters. The van der Waals surface area contributed by atoms with Crippen LogP contribution in [-0.2, 0) is 0 Å². The molecule has 1 aliphatic rings. The molecular weight excluding hydrogens is 250 g/mol. The van der Waals surface area contributed by atoms with Crippen LogP contribution in [0, 0.1) is 5.92 Å². The van der Waals surface area contributed by atoms with Crippen molar-refractivity contribution in [3.05, 3.63) is 18.2 Å². The highest BCUT2D eigenvalue weighted by Gasteiger charge is 2.18. The predicted molar refractivity (Wildman–Crippen MR) is 85.5 cm³/mol. The van der Waals surface area contributed by atoms with Crippen LogP contribution >= 0.6 is 0 Å². The van der Waals surface area contributed by atoms with Gasteiger partial charge in [-0.25, -0.2) is 0 Å². The average Bonchev–Trinajstić information content (AvgIpc) is 2.38. The molecule has 20 heavy (non-hydrogen) atoms. The number of nitrogen functional groups attached to an aromatic ring is 1. The third-order valence-electron chi connectivity index (χ3n) is 3.59. The smallest absolute Gasteiger partial charge is 0.123 e. The van der Waals surface area contributed by atoms with Crippen LogP contribution in [0.25, 0.3) is 0 Å². The second-order valence-electron chi connectivity index (χ2n) is 5.87. The number of ether oxygens (including phenoxy) is 1. The molecule has 0 aliphatic carbocycles. The monoisotopic (exact) mass is 277 g/mol. The van der Waals surface area contributed by atoms with E-state index in [0.29, 0.717) is 6.61 Å². The van der Waals surface area contributed by atoms with E-state index in [4.69, 9.17) is 10.5 Å². The van der Waals surface area contributed by atoms with Crippen LogP contribution in [0.15, 0.2) is 18.2 Å². The fourth-order valence-electron chi connectivity index (χ4n) is 2.74. The highest BCUT2D eigenvalue weighted by atomic mass is 16.5. The van der Waals surface area contributed by atoms with Crippen molar-refractivity contribution >= 4 is 11.4 Å². The lowest BCUT2D eigenvalue weighted by atomic mass is 10.1. The van der Waals surface area contributed by atoms with Gasteiger partial charge in [-0.2, -0.15) is 0 Å². The second-order valence-corrected chi connectivity index (χ2v) is 5.87. The molecule has 112 valence electrons. The summed E-state index contributed by atoms with van der Waals surface area (Å²) in [7, 11) is 0. The summed E-state index contributed by atoms with van der Waals surface area (Å²) in [5.41, 5.74) is 7.92. The van der Waals surface area contributed by atoms with Crippen LogP contribution in [0.2, 0.25) is 0 Å². The zero-order valence-electron chi connectivity index (χ0n) is 12.9. The molecule has 4 nitrogen and oxygen atoms in total. The van der Waals surface area contributed by atoms with Crippen LogP contribution < -0.4 is 15.4 Å². The first-order valence-corrected chi connectivity index (χ1v) is 7.59. The molecule has 0 amide bonds. The van der Waals surface area contributed by atoms with Gasteiger partial charge in [-0.05, 0) is 18.9 Å². The van der Waals surface area contributed by atoms with Gasteiger partial charge in [-0.15, -0.1) is 0 Å². The molecule has 1 aliphatic heterocycles. The van der Waals surface area contributed by atoms with E-state index >= 15 is 0 Å². The molecule has 1 fully saturated rings. The first kappa shape index (κ1) is 15.0. The van der Waals surface area contributed by atoms with Crippen LogP contribution in [0.1, 0.15) is 20.8 Å². The summed E-state index contributed by atoms with van der Waals surface area (Å²) in [6.07, 6.45) is 0. The van der Waals surface area contributed by atoms with E-state index in [0.717, 1.165) is 43.5 Å². The van der Waals surface area contributed by atoms with E-state index in [-0.39, 0.29) is 0 Å². The lowest BCUT2D eigenvalue weighted by Gasteiger charge is -2.37. The molecule has 1 aromatic rings. The standard InChI is InChI=1S/C16H27N3O/c1-4-20-16-10-14(17)9-15(11-16)19-7-5-18(6-8-19)12-13(2)3/h9-11,13H,4-8,12,17H2,1-3H3. The maximum absolute atomic E-state index is 5.97. The topological polar surface area (TPSA) is 41.7 Å². The van der Waals surface area contributed by atoms with Crippen LogP contribution in [0.5, 0.6) is 5.75 Å². The van der Waals surface area contributed by atoms with Gasteiger partial charge in [0.15, 0.2) is 0 Å². The van der Waals surface area contributed by atoms with Crippen LogP contribution in [0.4, 0.5) is 11.4 Å². The van der Waals surface area contributed by atoms with Gasteiger partial charge >= 0.3 is 0 Å². The molecule has 0 saturated carbocycles. The zero-order chi connectivity index (χ0) is 14.5. The summed E-state index contributed by atoms with van der Waals surface area (Å²) in [6, 6.07) is 6.03. The molecule has 0 aromatic heterocycles. The quantitative estimate of drug-likeness (QED) is 0.839. The summed E-state index contributed by atoms with van der Waals surface area (Å²) in [5, 5.41) is 0. The van der Waals surface area contributed by atoms with Crippen LogP contribution in [0.3, 0.4) is 0 Å².